The van der Waals surface area contributed by atoms with E-state index in [0.717, 1.165) is 17.8 Å². The highest BCUT2D eigenvalue weighted by Gasteiger charge is 2.22. The molecular weight excluding hydrogens is 362 g/mol. The van der Waals surface area contributed by atoms with Gasteiger partial charge in [-0.05, 0) is 12.0 Å². The first-order valence-electron chi connectivity index (χ1n) is 6.58. The molecule has 2 aromatic rings. The molecule has 0 radical (unpaired) electrons. The van der Waals surface area contributed by atoms with E-state index in [2.05, 4.69) is 9.71 Å². The quantitative estimate of drug-likeness (QED) is 0.616. The van der Waals surface area contributed by atoms with Gasteiger partial charge in [-0.2, -0.15) is 0 Å². The molecule has 23 heavy (non-hydrogen) atoms. The molecule has 1 N–H and O–H groups in total. The minimum absolute atomic E-state index is 0.00125. The molecule has 0 unspecified atom stereocenters. The van der Waals surface area contributed by atoms with Crippen LogP contribution in [0.5, 0.6) is 0 Å². The first-order chi connectivity index (χ1) is 10.7. The zero-order valence-corrected chi connectivity index (χ0v) is 14.7. The van der Waals surface area contributed by atoms with Gasteiger partial charge in [-0.3, -0.25) is 10.1 Å². The van der Waals surface area contributed by atoms with E-state index in [0.29, 0.717) is 5.01 Å². The zero-order chi connectivity index (χ0) is 17.2. The molecular formula is C13H14ClN3O4S2. The van der Waals surface area contributed by atoms with Crippen molar-refractivity contribution in [1.82, 2.24) is 9.71 Å². The maximum absolute atomic E-state index is 12.3. The number of hydrogen-bond acceptors (Lipinski definition) is 6. The third kappa shape index (κ3) is 4.25. The van der Waals surface area contributed by atoms with E-state index in [9.17, 15) is 18.5 Å². The van der Waals surface area contributed by atoms with Gasteiger partial charge in [-0.15, -0.1) is 11.3 Å². The molecule has 0 saturated heterocycles. The fourth-order valence-electron chi connectivity index (χ4n) is 1.72. The first-order valence-corrected chi connectivity index (χ1v) is 9.32. The van der Waals surface area contributed by atoms with Gasteiger partial charge in [0.05, 0.1) is 22.2 Å². The average Bonchev–Trinajstić information content (AvgIpc) is 2.94. The standard InChI is InChI=1S/C13H14ClN3O4S2/c1-8(2)11-7-22-13(16-11)6-15-23(20,21)12-5-9(17(18)19)3-4-10(12)14/h3-5,7-8,15H,6H2,1-2H3. The van der Waals surface area contributed by atoms with Crippen molar-refractivity contribution >= 4 is 38.6 Å². The molecule has 0 aliphatic heterocycles. The summed E-state index contributed by atoms with van der Waals surface area (Å²) in [6.07, 6.45) is 0. The second-order valence-electron chi connectivity index (χ2n) is 5.02. The van der Waals surface area contributed by atoms with E-state index in [-0.39, 0.29) is 28.1 Å². The first kappa shape index (κ1) is 17.8. The number of nitrogens with zero attached hydrogens (tertiary/aromatic N) is 2. The van der Waals surface area contributed by atoms with Gasteiger partial charge >= 0.3 is 0 Å². The molecule has 1 aromatic heterocycles. The Morgan fingerprint density at radius 2 is 2.13 bits per heavy atom. The van der Waals surface area contributed by atoms with Crippen molar-refractivity contribution in [3.63, 3.8) is 0 Å². The monoisotopic (exact) mass is 375 g/mol. The molecule has 0 fully saturated rings. The maximum Gasteiger partial charge on any atom is 0.270 e. The second-order valence-corrected chi connectivity index (χ2v) is 8.10. The van der Waals surface area contributed by atoms with Gasteiger partial charge in [0, 0.05) is 17.5 Å². The van der Waals surface area contributed by atoms with Crippen LogP contribution >= 0.6 is 22.9 Å². The van der Waals surface area contributed by atoms with Crippen LogP contribution in [0, 0.1) is 10.1 Å². The van der Waals surface area contributed by atoms with Gasteiger partial charge in [0.15, 0.2) is 0 Å². The van der Waals surface area contributed by atoms with Crippen LogP contribution in [0.15, 0.2) is 28.5 Å². The Kier molecular flexibility index (Phi) is 5.35. The minimum Gasteiger partial charge on any atom is -0.258 e. The summed E-state index contributed by atoms with van der Waals surface area (Å²) in [6, 6.07) is 3.28. The van der Waals surface area contributed by atoms with Crippen LogP contribution in [0.1, 0.15) is 30.5 Å². The van der Waals surface area contributed by atoms with Crippen LogP contribution in [-0.2, 0) is 16.6 Å². The summed E-state index contributed by atoms with van der Waals surface area (Å²) < 4.78 is 27.0. The van der Waals surface area contributed by atoms with E-state index in [1.165, 1.54) is 17.4 Å². The molecule has 0 aliphatic carbocycles. The van der Waals surface area contributed by atoms with Gasteiger partial charge in [0.25, 0.3) is 5.69 Å². The number of non-ortho nitro benzene ring substituents is 1. The summed E-state index contributed by atoms with van der Waals surface area (Å²) >= 11 is 7.20. The molecule has 0 saturated carbocycles. The third-order valence-electron chi connectivity index (χ3n) is 2.99. The lowest BCUT2D eigenvalue weighted by Crippen LogP contribution is -2.23. The average molecular weight is 376 g/mol. The van der Waals surface area contributed by atoms with E-state index in [1.54, 1.807) is 0 Å². The maximum atomic E-state index is 12.3. The van der Waals surface area contributed by atoms with Crippen LogP contribution in [0.2, 0.25) is 5.02 Å². The highest BCUT2D eigenvalue weighted by atomic mass is 35.5. The lowest BCUT2D eigenvalue weighted by molar-refractivity contribution is -0.385. The van der Waals surface area contributed by atoms with Crippen molar-refractivity contribution in [2.45, 2.75) is 31.2 Å². The van der Waals surface area contributed by atoms with Gasteiger partial charge in [-0.25, -0.2) is 18.1 Å². The van der Waals surface area contributed by atoms with Crippen LogP contribution in [0.25, 0.3) is 0 Å². The Bertz CT molecular complexity index is 833. The van der Waals surface area contributed by atoms with Crippen LogP contribution in [-0.4, -0.2) is 18.3 Å². The van der Waals surface area contributed by atoms with E-state index in [4.69, 9.17) is 11.6 Å². The molecule has 10 heteroatoms. The number of hydrogen-bond donors (Lipinski definition) is 1. The Labute approximate surface area is 142 Å². The molecule has 1 heterocycles. The summed E-state index contributed by atoms with van der Waals surface area (Å²) in [7, 11) is -3.98. The number of thiazole rings is 1. The summed E-state index contributed by atoms with van der Waals surface area (Å²) in [5.74, 6) is 0.253. The predicted molar refractivity (Wildman–Crippen MR) is 88.3 cm³/mol. The SMILES string of the molecule is CC(C)c1csc(CNS(=O)(=O)c2cc([N+](=O)[O-])ccc2Cl)n1. The fourth-order valence-corrected chi connectivity index (χ4v) is 4.21. The number of nitro groups is 1. The van der Waals surface area contributed by atoms with Gasteiger partial charge in [0.2, 0.25) is 10.0 Å². The van der Waals surface area contributed by atoms with Crippen molar-refractivity contribution in [2.75, 3.05) is 0 Å². The minimum atomic E-state index is -3.98. The Morgan fingerprint density at radius 1 is 1.43 bits per heavy atom. The molecule has 0 amide bonds. The Balaban J connectivity index is 2.21. The van der Waals surface area contributed by atoms with Gasteiger partial charge in [-0.1, -0.05) is 25.4 Å². The largest absolute Gasteiger partial charge is 0.270 e. The van der Waals surface area contributed by atoms with Crippen molar-refractivity contribution in [3.8, 4) is 0 Å². The van der Waals surface area contributed by atoms with Crippen LogP contribution in [0.3, 0.4) is 0 Å². The molecule has 2 rings (SSSR count). The second kappa shape index (κ2) is 6.91. The smallest absolute Gasteiger partial charge is 0.258 e. The third-order valence-corrected chi connectivity index (χ3v) is 5.74. The van der Waals surface area contributed by atoms with E-state index < -0.39 is 14.9 Å². The van der Waals surface area contributed by atoms with Gasteiger partial charge < -0.3 is 0 Å². The number of rotatable bonds is 6. The molecule has 0 spiro atoms. The van der Waals surface area contributed by atoms with Crippen molar-refractivity contribution in [2.24, 2.45) is 0 Å². The summed E-state index contributed by atoms with van der Waals surface area (Å²) in [5, 5.41) is 13.2. The summed E-state index contributed by atoms with van der Waals surface area (Å²) in [4.78, 5) is 14.1. The Morgan fingerprint density at radius 3 is 2.70 bits per heavy atom. The fraction of sp³-hybridized carbons (Fsp3) is 0.308. The van der Waals surface area contributed by atoms with E-state index in [1.807, 2.05) is 19.2 Å². The zero-order valence-electron chi connectivity index (χ0n) is 12.3. The molecule has 0 atom stereocenters. The summed E-state index contributed by atoms with van der Waals surface area (Å²) in [6.45, 7) is 3.98. The van der Waals surface area contributed by atoms with Crippen LogP contribution < -0.4 is 4.72 Å². The highest BCUT2D eigenvalue weighted by molar-refractivity contribution is 7.89. The lowest BCUT2D eigenvalue weighted by Gasteiger charge is -2.07. The Hall–Kier alpha value is -1.55. The number of benzene rings is 1. The number of halogens is 1. The number of aromatic nitrogens is 1. The lowest BCUT2D eigenvalue weighted by atomic mass is 10.2. The normalized spacial score (nSPS) is 11.8. The molecule has 124 valence electrons. The molecule has 7 nitrogen and oxygen atoms in total. The molecule has 0 bridgehead atoms. The van der Waals surface area contributed by atoms with Crippen molar-refractivity contribution in [3.05, 3.63) is 49.4 Å². The van der Waals surface area contributed by atoms with Gasteiger partial charge in [0.1, 0.15) is 9.90 Å². The van der Waals surface area contributed by atoms with E-state index >= 15 is 0 Å². The number of nitro benzene ring substituents is 1. The topological polar surface area (TPSA) is 102 Å². The van der Waals surface area contributed by atoms with Crippen molar-refractivity contribution < 1.29 is 13.3 Å². The predicted octanol–water partition coefficient (Wildman–Crippen LogP) is 3.31. The summed E-state index contributed by atoms with van der Waals surface area (Å²) in [5.41, 5.74) is 0.545. The number of nitrogens with one attached hydrogen (secondary N) is 1. The van der Waals surface area contributed by atoms with Crippen LogP contribution in [0.4, 0.5) is 5.69 Å². The van der Waals surface area contributed by atoms with Crippen molar-refractivity contribution in [1.29, 1.82) is 0 Å². The molecule has 0 aliphatic rings. The molecule has 1 aromatic carbocycles. The highest BCUT2D eigenvalue weighted by Crippen LogP contribution is 2.26. The number of sulfonamides is 1.